The molecular formula is C28H32Cl2N6O6S. The number of nitrogens with zero attached hydrogens (tertiary/aromatic N) is 2. The van der Waals surface area contributed by atoms with E-state index in [4.69, 9.17) is 23.2 Å². The number of hydrogen-bond acceptors (Lipinski definition) is 8. The molecule has 0 spiro atoms. The van der Waals surface area contributed by atoms with E-state index in [0.717, 1.165) is 48.9 Å². The Balaban J connectivity index is 1.25. The number of hydrogen-bond donors (Lipinski definition) is 4. The number of carbonyl (C=O) groups is 5. The van der Waals surface area contributed by atoms with Crippen LogP contribution in [0.25, 0.3) is 0 Å². The Morgan fingerprint density at radius 2 is 1.74 bits per heavy atom. The fourth-order valence-corrected chi connectivity index (χ4v) is 8.24. The third-order valence-electron chi connectivity index (χ3n) is 8.67. The molecule has 230 valence electrons. The number of aromatic nitrogens is 2. The molecule has 6 rings (SSSR count). The van der Waals surface area contributed by atoms with Crippen molar-refractivity contribution in [2.45, 2.75) is 63.6 Å². The van der Waals surface area contributed by atoms with Crippen molar-refractivity contribution in [2.24, 2.45) is 23.7 Å². The van der Waals surface area contributed by atoms with Gasteiger partial charge < -0.3 is 25.8 Å². The molecule has 43 heavy (non-hydrogen) atoms. The maximum atomic E-state index is 13.3. The summed E-state index contributed by atoms with van der Waals surface area (Å²) < 4.78 is 1.23. The summed E-state index contributed by atoms with van der Waals surface area (Å²) in [5.74, 6) is -0.966. The number of nitrogens with one attached hydrogen (secondary N) is 4. The van der Waals surface area contributed by atoms with E-state index in [0.29, 0.717) is 11.8 Å². The quantitative estimate of drug-likeness (QED) is 0.271. The molecule has 4 aliphatic carbocycles. The lowest BCUT2D eigenvalue weighted by molar-refractivity contribution is -0.137. The predicted molar refractivity (Wildman–Crippen MR) is 160 cm³/mol. The minimum atomic E-state index is -1.33. The number of pyridine rings is 1. The Hall–Kier alpha value is -3.29. The number of halogens is 2. The van der Waals surface area contributed by atoms with Gasteiger partial charge in [-0.15, -0.1) is 0 Å². The van der Waals surface area contributed by atoms with Gasteiger partial charge in [-0.2, -0.15) is 0 Å². The summed E-state index contributed by atoms with van der Waals surface area (Å²) in [7, 11) is 1.30. The van der Waals surface area contributed by atoms with Gasteiger partial charge in [0.25, 0.3) is 17.4 Å². The fraction of sp³-hybridized carbons (Fsp3) is 0.536. The molecule has 15 heteroatoms. The summed E-state index contributed by atoms with van der Waals surface area (Å²) in [6.07, 6.45) is 6.75. The molecule has 4 fully saturated rings. The molecule has 0 unspecified atom stereocenters. The zero-order valence-electron chi connectivity index (χ0n) is 23.4. The molecule has 4 aliphatic rings. The molecule has 4 N–H and O–H groups in total. The smallest absolute Gasteiger partial charge is 0.287 e. The molecule has 0 radical (unpaired) electrons. The van der Waals surface area contributed by atoms with Crippen LogP contribution in [0.2, 0.25) is 9.62 Å². The predicted octanol–water partition coefficient (Wildman–Crippen LogP) is 2.38. The van der Waals surface area contributed by atoms with E-state index >= 15 is 0 Å². The molecule has 4 saturated carbocycles. The first-order valence-corrected chi connectivity index (χ1v) is 15.8. The molecule has 2 aromatic rings. The lowest BCUT2D eigenvalue weighted by Crippen LogP contribution is -2.56. The highest BCUT2D eigenvalue weighted by Gasteiger charge is 2.48. The van der Waals surface area contributed by atoms with Gasteiger partial charge in [-0.05, 0) is 74.3 Å². The monoisotopic (exact) mass is 650 g/mol. The van der Waals surface area contributed by atoms with E-state index in [2.05, 4.69) is 26.3 Å². The Kier molecular flexibility index (Phi) is 9.52. The first kappa shape index (κ1) is 31.1. The number of Topliss-reactive ketones (excluding diaryl/α,β-unsaturated/α-hetero) is 1. The number of amides is 4. The van der Waals surface area contributed by atoms with Gasteiger partial charge in [-0.1, -0.05) is 34.5 Å². The van der Waals surface area contributed by atoms with Gasteiger partial charge >= 0.3 is 0 Å². The van der Waals surface area contributed by atoms with Crippen molar-refractivity contribution in [3.8, 4) is 0 Å². The highest BCUT2D eigenvalue weighted by Crippen LogP contribution is 2.53. The van der Waals surface area contributed by atoms with Crippen molar-refractivity contribution in [1.82, 2.24) is 25.5 Å². The lowest BCUT2D eigenvalue weighted by atomic mass is 9.54. The minimum absolute atomic E-state index is 0.0168. The maximum Gasteiger partial charge on any atom is 0.287 e. The molecule has 0 saturated heterocycles. The number of rotatable bonds is 11. The van der Waals surface area contributed by atoms with Crippen LogP contribution >= 0.6 is 34.5 Å². The van der Waals surface area contributed by atoms with Crippen molar-refractivity contribution in [3.63, 3.8) is 0 Å². The van der Waals surface area contributed by atoms with E-state index in [1.807, 2.05) is 0 Å². The van der Waals surface area contributed by atoms with Crippen molar-refractivity contribution < 1.29 is 24.0 Å². The van der Waals surface area contributed by atoms with Crippen LogP contribution in [-0.2, 0) is 25.7 Å². The number of anilines is 1. The molecular weight excluding hydrogens is 619 g/mol. The molecule has 2 aromatic heterocycles. The highest BCUT2D eigenvalue weighted by molar-refractivity contribution is 7.18. The number of ketones is 1. The van der Waals surface area contributed by atoms with Gasteiger partial charge in [-0.3, -0.25) is 28.8 Å². The van der Waals surface area contributed by atoms with Gasteiger partial charge in [0.05, 0.1) is 0 Å². The number of carbonyl (C=O) groups excluding carboxylic acids is 5. The van der Waals surface area contributed by atoms with Crippen LogP contribution in [-0.4, -0.2) is 58.1 Å². The summed E-state index contributed by atoms with van der Waals surface area (Å²) in [6.45, 7) is -0.212. The second kappa shape index (κ2) is 13.1. The molecule has 0 aliphatic heterocycles. The SMILES string of the molecule is CNC(=O)C(=O)CC[C@H](NC(=O)c1sc(Cl)nc1Cl)C(=O)Nc1cccn(CC(=O)NC2C3CC4CC(C3)CC2C4)c1=O. The second-order valence-electron chi connectivity index (χ2n) is 11.5. The topological polar surface area (TPSA) is 168 Å². The lowest BCUT2D eigenvalue weighted by Gasteiger charge is -2.54. The summed E-state index contributed by atoms with van der Waals surface area (Å²) >= 11 is 12.6. The number of likely N-dealkylation sites (N-methyl/N-ethyl adjacent to an activating group) is 1. The summed E-state index contributed by atoms with van der Waals surface area (Å²) in [5.41, 5.74) is -0.731. The van der Waals surface area contributed by atoms with Crippen molar-refractivity contribution in [2.75, 3.05) is 12.4 Å². The van der Waals surface area contributed by atoms with Crippen molar-refractivity contribution >= 4 is 69.6 Å². The number of thiazole rings is 1. The van der Waals surface area contributed by atoms with Gasteiger partial charge in [-0.25, -0.2) is 4.98 Å². The highest BCUT2D eigenvalue weighted by atomic mass is 35.5. The van der Waals surface area contributed by atoms with E-state index in [-0.39, 0.29) is 51.5 Å². The zero-order chi connectivity index (χ0) is 30.8. The van der Waals surface area contributed by atoms with E-state index in [9.17, 15) is 28.8 Å². The zero-order valence-corrected chi connectivity index (χ0v) is 25.7. The Labute approximate surface area is 261 Å². The van der Waals surface area contributed by atoms with Crippen molar-refractivity contribution in [1.29, 1.82) is 0 Å². The summed E-state index contributed by atoms with van der Waals surface area (Å²) in [6, 6.07) is 1.70. The normalized spacial score (nSPS) is 24.2. The largest absolute Gasteiger partial charge is 0.353 e. The third kappa shape index (κ3) is 7.10. The van der Waals surface area contributed by atoms with E-state index < -0.39 is 35.1 Å². The van der Waals surface area contributed by atoms with E-state index in [1.54, 1.807) is 0 Å². The Bertz CT molecular complexity index is 1480. The van der Waals surface area contributed by atoms with Crippen LogP contribution in [0.5, 0.6) is 0 Å². The summed E-state index contributed by atoms with van der Waals surface area (Å²) in [4.78, 5) is 79.9. The molecule has 1 atom stereocenters. The standard InChI is InChI=1S/C28H32Cl2N6O6S/c1-31-25(40)19(37)5-4-17(32-26(41)22-23(29)35-28(30)43-22)24(39)33-18-3-2-6-36(27(18)42)12-20(38)34-21-15-8-13-7-14(10-15)11-16(21)9-13/h2-3,6,13-17,21H,4-5,7-12H2,1H3,(H,31,40)(H,32,41)(H,33,39)(H,34,38)/t13?,14?,15?,16?,17-,21?/m0/s1. The van der Waals surface area contributed by atoms with Crippen molar-refractivity contribution in [3.05, 3.63) is 43.2 Å². The van der Waals surface area contributed by atoms with Gasteiger partial charge in [0.2, 0.25) is 17.6 Å². The molecule has 4 bridgehead atoms. The molecule has 2 heterocycles. The minimum Gasteiger partial charge on any atom is -0.353 e. The van der Waals surface area contributed by atoms with Gasteiger partial charge in [0, 0.05) is 25.7 Å². The third-order valence-corrected chi connectivity index (χ3v) is 10.2. The van der Waals surface area contributed by atoms with E-state index in [1.165, 1.54) is 36.4 Å². The van der Waals surface area contributed by atoms with Crippen LogP contribution in [0, 0.1) is 23.7 Å². The Morgan fingerprint density at radius 3 is 2.35 bits per heavy atom. The average molecular weight is 652 g/mol. The maximum absolute atomic E-state index is 13.3. The van der Waals surface area contributed by atoms with Crippen LogP contribution in [0.15, 0.2) is 23.1 Å². The first-order chi connectivity index (χ1) is 20.5. The fourth-order valence-electron chi connectivity index (χ4n) is 6.96. The first-order valence-electron chi connectivity index (χ1n) is 14.2. The molecule has 0 aromatic carbocycles. The van der Waals surface area contributed by atoms with Gasteiger partial charge in [0.15, 0.2) is 9.62 Å². The van der Waals surface area contributed by atoms with Crippen LogP contribution in [0.3, 0.4) is 0 Å². The van der Waals surface area contributed by atoms with Crippen LogP contribution in [0.1, 0.15) is 54.6 Å². The van der Waals surface area contributed by atoms with Crippen LogP contribution in [0.4, 0.5) is 5.69 Å². The average Bonchev–Trinajstić information content (AvgIpc) is 3.31. The molecule has 4 amide bonds. The van der Waals surface area contributed by atoms with Gasteiger partial charge in [0.1, 0.15) is 23.2 Å². The Morgan fingerprint density at radius 1 is 1.07 bits per heavy atom. The summed E-state index contributed by atoms with van der Waals surface area (Å²) in [5, 5.41) is 10.2. The second-order valence-corrected chi connectivity index (χ2v) is 13.5. The molecule has 12 nitrogen and oxygen atoms in total. The van der Waals surface area contributed by atoms with Crippen LogP contribution < -0.4 is 26.8 Å².